The van der Waals surface area contributed by atoms with Crippen LogP contribution in [0.2, 0.25) is 0 Å². The summed E-state index contributed by atoms with van der Waals surface area (Å²) in [5.41, 5.74) is -0.0852. The van der Waals surface area contributed by atoms with Gasteiger partial charge in [0.1, 0.15) is 22.0 Å². The molecule has 0 amide bonds. The second kappa shape index (κ2) is 7.06. The van der Waals surface area contributed by atoms with Crippen LogP contribution in [0, 0.1) is 13.8 Å². The normalized spacial score (nSPS) is 13.2. The van der Waals surface area contributed by atoms with E-state index in [1.165, 1.54) is 21.0 Å². The number of furan rings is 1. The molecule has 0 aliphatic heterocycles. The van der Waals surface area contributed by atoms with Gasteiger partial charge in [-0.25, -0.2) is 17.9 Å². The first-order chi connectivity index (χ1) is 9.70. The van der Waals surface area contributed by atoms with E-state index in [1.807, 2.05) is 0 Å². The maximum absolute atomic E-state index is 12.3. The molecule has 0 fully saturated rings. The summed E-state index contributed by atoms with van der Waals surface area (Å²) >= 11 is 0. The minimum atomic E-state index is -3.88. The Balaban J connectivity index is 3.00. The van der Waals surface area contributed by atoms with Gasteiger partial charge in [-0.15, -0.1) is 0 Å². The molecule has 1 rings (SSSR count). The van der Waals surface area contributed by atoms with Crippen molar-refractivity contribution in [3.8, 4) is 0 Å². The van der Waals surface area contributed by atoms with Gasteiger partial charge in [0, 0.05) is 6.54 Å². The molecular weight excluding hydrogens is 298 g/mol. The lowest BCUT2D eigenvalue weighted by Crippen LogP contribution is -2.27. The van der Waals surface area contributed by atoms with Crippen LogP contribution in [-0.2, 0) is 14.8 Å². The van der Waals surface area contributed by atoms with Crippen molar-refractivity contribution in [2.24, 2.45) is 0 Å². The van der Waals surface area contributed by atoms with Crippen LogP contribution < -0.4 is 4.72 Å². The van der Waals surface area contributed by atoms with Crippen LogP contribution in [0.5, 0.6) is 0 Å². The van der Waals surface area contributed by atoms with Crippen molar-refractivity contribution < 1.29 is 27.5 Å². The molecule has 0 saturated heterocycles. The smallest absolute Gasteiger partial charge is 0.342 e. The minimum absolute atomic E-state index is 0.0852. The number of aliphatic hydroxyl groups is 1. The molecule has 1 aromatic rings. The summed E-state index contributed by atoms with van der Waals surface area (Å²) in [7, 11) is -2.70. The highest BCUT2D eigenvalue weighted by Gasteiger charge is 2.31. The molecule has 0 aromatic carbocycles. The first-order valence-corrected chi connectivity index (χ1v) is 8.05. The average molecular weight is 319 g/mol. The van der Waals surface area contributed by atoms with Crippen molar-refractivity contribution in [2.75, 3.05) is 13.7 Å². The number of esters is 1. The van der Waals surface area contributed by atoms with E-state index in [2.05, 4.69) is 9.46 Å². The van der Waals surface area contributed by atoms with Gasteiger partial charge in [0.25, 0.3) is 0 Å². The Bertz CT molecular complexity index is 602. The molecule has 1 unspecified atom stereocenters. The van der Waals surface area contributed by atoms with E-state index < -0.39 is 22.1 Å². The maximum Gasteiger partial charge on any atom is 0.342 e. The molecule has 1 aromatic heterocycles. The predicted molar refractivity (Wildman–Crippen MR) is 75.6 cm³/mol. The lowest BCUT2D eigenvalue weighted by molar-refractivity contribution is 0.0595. The number of aliphatic hydroxyl groups excluding tert-OH is 1. The highest BCUT2D eigenvalue weighted by Crippen LogP contribution is 2.27. The topological polar surface area (TPSA) is 106 Å². The van der Waals surface area contributed by atoms with Crippen molar-refractivity contribution >= 4 is 16.0 Å². The van der Waals surface area contributed by atoms with Gasteiger partial charge in [0.05, 0.1) is 13.2 Å². The summed E-state index contributed by atoms with van der Waals surface area (Å²) < 4.78 is 36.9. The van der Waals surface area contributed by atoms with E-state index in [4.69, 9.17) is 9.52 Å². The van der Waals surface area contributed by atoms with Crippen molar-refractivity contribution in [1.29, 1.82) is 0 Å². The molecule has 0 radical (unpaired) electrons. The summed E-state index contributed by atoms with van der Waals surface area (Å²) in [6, 6.07) is 0. The molecule has 8 heteroatoms. The Kier molecular flexibility index (Phi) is 5.94. The summed E-state index contributed by atoms with van der Waals surface area (Å²) in [4.78, 5) is 11.5. The largest absolute Gasteiger partial charge is 0.465 e. The van der Waals surface area contributed by atoms with E-state index in [9.17, 15) is 13.2 Å². The van der Waals surface area contributed by atoms with Crippen molar-refractivity contribution in [2.45, 2.75) is 44.6 Å². The number of sulfonamides is 1. The van der Waals surface area contributed by atoms with Crippen LogP contribution in [-0.4, -0.2) is 39.3 Å². The fourth-order valence-corrected chi connectivity index (χ4v) is 3.47. The monoisotopic (exact) mass is 319 g/mol. The van der Waals surface area contributed by atoms with Crippen LogP contribution in [0.1, 0.15) is 41.6 Å². The molecule has 21 heavy (non-hydrogen) atoms. The lowest BCUT2D eigenvalue weighted by atomic mass is 10.2. The van der Waals surface area contributed by atoms with Gasteiger partial charge in [-0.1, -0.05) is 0 Å². The SMILES string of the molecule is COC(=O)c1c(C)oc(C)c1S(=O)(=O)NCCCC(C)O. The Morgan fingerprint density at radius 1 is 1.38 bits per heavy atom. The van der Waals surface area contributed by atoms with Gasteiger partial charge < -0.3 is 14.3 Å². The third kappa shape index (κ3) is 4.29. The number of rotatable bonds is 7. The quantitative estimate of drug-likeness (QED) is 0.576. The van der Waals surface area contributed by atoms with Gasteiger partial charge in [-0.3, -0.25) is 0 Å². The fraction of sp³-hybridized carbons (Fsp3) is 0.615. The molecule has 120 valence electrons. The number of methoxy groups -OCH3 is 1. The van der Waals surface area contributed by atoms with Gasteiger partial charge in [-0.05, 0) is 33.6 Å². The molecule has 1 atom stereocenters. The van der Waals surface area contributed by atoms with E-state index >= 15 is 0 Å². The maximum atomic E-state index is 12.3. The number of ether oxygens (including phenoxy) is 1. The highest BCUT2D eigenvalue weighted by molar-refractivity contribution is 7.89. The van der Waals surface area contributed by atoms with E-state index in [0.717, 1.165) is 0 Å². The number of hydrogen-bond donors (Lipinski definition) is 2. The molecule has 0 bridgehead atoms. The summed E-state index contributed by atoms with van der Waals surface area (Å²) in [5.74, 6) is -0.423. The molecule has 0 aliphatic rings. The molecular formula is C13H21NO6S. The fourth-order valence-electron chi connectivity index (χ4n) is 2.00. The van der Waals surface area contributed by atoms with Crippen LogP contribution >= 0.6 is 0 Å². The molecule has 0 aliphatic carbocycles. The second-order valence-corrected chi connectivity index (χ2v) is 6.50. The third-order valence-corrected chi connectivity index (χ3v) is 4.57. The Morgan fingerprint density at radius 2 is 2.00 bits per heavy atom. The third-order valence-electron chi connectivity index (χ3n) is 2.95. The number of hydrogen-bond acceptors (Lipinski definition) is 6. The number of carbonyl (C=O) groups is 1. The molecule has 0 saturated carbocycles. The predicted octanol–water partition coefficient (Wildman–Crippen LogP) is 1.12. The van der Waals surface area contributed by atoms with Crippen molar-refractivity contribution in [1.82, 2.24) is 4.72 Å². The number of aryl methyl sites for hydroxylation is 2. The van der Waals surface area contributed by atoms with Gasteiger partial charge in [0.2, 0.25) is 10.0 Å². The number of nitrogens with one attached hydrogen (secondary N) is 1. The van der Waals surface area contributed by atoms with Gasteiger partial charge in [-0.2, -0.15) is 0 Å². The summed E-state index contributed by atoms with van der Waals surface area (Å²) in [6.07, 6.45) is 0.480. The zero-order chi connectivity index (χ0) is 16.2. The Morgan fingerprint density at radius 3 is 2.52 bits per heavy atom. The zero-order valence-corrected chi connectivity index (χ0v) is 13.4. The number of carbonyl (C=O) groups excluding carboxylic acids is 1. The van der Waals surface area contributed by atoms with E-state index in [0.29, 0.717) is 12.8 Å². The molecule has 7 nitrogen and oxygen atoms in total. The zero-order valence-electron chi connectivity index (χ0n) is 12.6. The van der Waals surface area contributed by atoms with Crippen LogP contribution in [0.4, 0.5) is 0 Å². The Labute approximate surface area is 124 Å². The standard InChI is InChI=1S/C13H21NO6S/c1-8(15)6-5-7-14-21(17,18)12-10(3)20-9(2)11(12)13(16)19-4/h8,14-15H,5-7H2,1-4H3. The minimum Gasteiger partial charge on any atom is -0.465 e. The Hall–Kier alpha value is -1.38. The van der Waals surface area contributed by atoms with Crippen LogP contribution in [0.15, 0.2) is 9.31 Å². The van der Waals surface area contributed by atoms with Gasteiger partial charge >= 0.3 is 5.97 Å². The highest BCUT2D eigenvalue weighted by atomic mass is 32.2. The summed E-state index contributed by atoms with van der Waals surface area (Å²) in [5, 5.41) is 9.14. The van der Waals surface area contributed by atoms with Crippen LogP contribution in [0.3, 0.4) is 0 Å². The van der Waals surface area contributed by atoms with E-state index in [1.54, 1.807) is 6.92 Å². The van der Waals surface area contributed by atoms with Crippen molar-refractivity contribution in [3.63, 3.8) is 0 Å². The molecule has 0 spiro atoms. The molecule has 1 heterocycles. The molecule has 2 N–H and O–H groups in total. The van der Waals surface area contributed by atoms with Crippen LogP contribution in [0.25, 0.3) is 0 Å². The van der Waals surface area contributed by atoms with Gasteiger partial charge in [0.15, 0.2) is 0 Å². The summed E-state index contributed by atoms with van der Waals surface area (Å²) in [6.45, 7) is 4.78. The lowest BCUT2D eigenvalue weighted by Gasteiger charge is -2.08. The van der Waals surface area contributed by atoms with E-state index in [-0.39, 0.29) is 28.5 Å². The average Bonchev–Trinajstić information content (AvgIpc) is 2.69. The van der Waals surface area contributed by atoms with Crippen molar-refractivity contribution in [3.05, 3.63) is 17.1 Å². The first-order valence-electron chi connectivity index (χ1n) is 6.56. The first kappa shape index (κ1) is 17.7. The second-order valence-electron chi connectivity index (χ2n) is 4.80.